The summed E-state index contributed by atoms with van der Waals surface area (Å²) in [6.07, 6.45) is 3.40. The molecule has 1 fully saturated rings. The summed E-state index contributed by atoms with van der Waals surface area (Å²) >= 11 is 1.47. The van der Waals surface area contributed by atoms with E-state index in [1.807, 2.05) is 33.8 Å². The highest BCUT2D eigenvalue weighted by Gasteiger charge is 2.39. The Morgan fingerprint density at radius 2 is 1.85 bits per heavy atom. The van der Waals surface area contributed by atoms with Crippen molar-refractivity contribution in [3.05, 3.63) is 82.3 Å². The Morgan fingerprint density at radius 3 is 2.44 bits per heavy atom. The lowest BCUT2D eigenvalue weighted by Gasteiger charge is -2.22. The number of amides is 1. The zero-order valence-electron chi connectivity index (χ0n) is 20.4. The first-order valence-electron chi connectivity index (χ1n) is 11.2. The minimum Gasteiger partial charge on any atom is -0.505 e. The van der Waals surface area contributed by atoms with E-state index in [1.165, 1.54) is 35.0 Å². The summed E-state index contributed by atoms with van der Waals surface area (Å²) in [4.78, 5) is 12.9. The first kappa shape index (κ1) is 27.2. The number of aromatic hydroxyl groups is 1. The number of aryl methyl sites for hydroxylation is 1. The van der Waals surface area contributed by atoms with Gasteiger partial charge in [-0.3, -0.25) is 4.79 Å². The number of phenolic OH excluding ortho intramolecular Hbond substituents is 1. The summed E-state index contributed by atoms with van der Waals surface area (Å²) in [5.41, 5.74) is 3.55. The van der Waals surface area contributed by atoms with Crippen LogP contribution >= 0.6 is 11.9 Å². The molecule has 2 atom stereocenters. The lowest BCUT2D eigenvalue weighted by Crippen LogP contribution is -2.26. The van der Waals surface area contributed by atoms with E-state index in [0.29, 0.717) is 17.9 Å². The Balaban J connectivity index is 0.00000199. The van der Waals surface area contributed by atoms with E-state index in [2.05, 4.69) is 10.0 Å². The number of nitrogens with zero attached hydrogens (tertiary/aromatic N) is 1. The van der Waals surface area contributed by atoms with E-state index < -0.39 is 11.6 Å². The molecule has 2 aromatic rings. The fraction of sp³-hybridized carbons (Fsp3) is 0.346. The lowest BCUT2D eigenvalue weighted by atomic mass is 10.1. The number of carbonyl (C=O) groups excluding carboxylic acids is 1. The molecule has 0 bridgehead atoms. The second-order valence-corrected chi connectivity index (χ2v) is 9.17. The van der Waals surface area contributed by atoms with Gasteiger partial charge in [0, 0.05) is 12.3 Å². The van der Waals surface area contributed by atoms with Gasteiger partial charge in [-0.2, -0.15) is 0 Å². The van der Waals surface area contributed by atoms with Crippen molar-refractivity contribution in [2.75, 3.05) is 12.4 Å². The predicted molar refractivity (Wildman–Crippen MR) is 136 cm³/mol. The van der Waals surface area contributed by atoms with Crippen LogP contribution in [0.5, 0.6) is 5.75 Å². The third-order valence-corrected chi connectivity index (χ3v) is 6.19. The third-order valence-electron chi connectivity index (χ3n) is 5.03. The average Bonchev–Trinajstić information content (AvgIpc) is 3.58. The van der Waals surface area contributed by atoms with Gasteiger partial charge in [0.1, 0.15) is 11.6 Å². The Bertz CT molecular complexity index is 1070. The van der Waals surface area contributed by atoms with Crippen molar-refractivity contribution in [3.63, 3.8) is 0 Å². The van der Waals surface area contributed by atoms with Crippen LogP contribution in [0, 0.1) is 18.6 Å². The fourth-order valence-electron chi connectivity index (χ4n) is 3.23. The number of rotatable bonds is 9. The molecule has 3 N–H and O–H groups in total. The smallest absolute Gasteiger partial charge is 0.215 e. The Labute approximate surface area is 205 Å². The molecule has 0 radical (unpaired) electrons. The molecule has 0 aliphatic heterocycles. The first-order chi connectivity index (χ1) is 16.2. The van der Waals surface area contributed by atoms with Crippen LogP contribution < -0.4 is 10.0 Å². The predicted octanol–water partition coefficient (Wildman–Crippen LogP) is 6.43. The van der Waals surface area contributed by atoms with Crippen molar-refractivity contribution < 1.29 is 18.7 Å². The highest BCUT2D eigenvalue weighted by molar-refractivity contribution is 7.98. The average molecular weight is 490 g/mol. The van der Waals surface area contributed by atoms with Gasteiger partial charge in [-0.1, -0.05) is 31.6 Å². The zero-order valence-corrected chi connectivity index (χ0v) is 21.3. The lowest BCUT2D eigenvalue weighted by molar-refractivity contribution is -0.115. The second kappa shape index (κ2) is 12.5. The van der Waals surface area contributed by atoms with Crippen LogP contribution in [0.25, 0.3) is 0 Å². The third kappa shape index (κ3) is 7.25. The van der Waals surface area contributed by atoms with Crippen LogP contribution in [0.3, 0.4) is 0 Å². The van der Waals surface area contributed by atoms with Crippen LogP contribution in [0.1, 0.15) is 51.2 Å². The number of carbonyl (C=O) groups is 1. The zero-order chi connectivity index (χ0) is 25.4. The van der Waals surface area contributed by atoms with Gasteiger partial charge in [0.25, 0.3) is 0 Å². The van der Waals surface area contributed by atoms with E-state index >= 15 is 0 Å². The molecule has 2 aromatic carbocycles. The summed E-state index contributed by atoms with van der Waals surface area (Å²) in [5, 5.41) is 12.9. The van der Waals surface area contributed by atoms with Crippen LogP contribution in [-0.4, -0.2) is 28.7 Å². The highest BCUT2D eigenvalue weighted by Crippen LogP contribution is 2.49. The minimum atomic E-state index is -0.638. The maximum atomic E-state index is 14.4. The molecule has 0 spiro atoms. The summed E-state index contributed by atoms with van der Waals surface area (Å²) in [5.74, 6) is -0.809. The molecule has 0 saturated heterocycles. The molecule has 5 nitrogen and oxygen atoms in total. The van der Waals surface area contributed by atoms with Crippen molar-refractivity contribution in [3.8, 4) is 5.75 Å². The first-order valence-corrected chi connectivity index (χ1v) is 12.1. The van der Waals surface area contributed by atoms with E-state index in [1.54, 1.807) is 32.2 Å². The maximum Gasteiger partial charge on any atom is 0.215 e. The number of hydrogen-bond donors (Lipinski definition) is 3. The van der Waals surface area contributed by atoms with E-state index in [9.17, 15) is 18.7 Å². The number of benzene rings is 2. The molecule has 0 heterocycles. The van der Waals surface area contributed by atoms with Crippen molar-refractivity contribution >= 4 is 24.0 Å². The summed E-state index contributed by atoms with van der Waals surface area (Å²) < 4.78 is 31.1. The minimum absolute atomic E-state index is 0.182. The van der Waals surface area contributed by atoms with Crippen molar-refractivity contribution in [2.45, 2.75) is 52.2 Å². The van der Waals surface area contributed by atoms with Gasteiger partial charge in [-0.15, -0.1) is 0 Å². The number of anilines is 1. The Kier molecular flexibility index (Phi) is 9.98. The molecular weight excluding hydrogens is 456 g/mol. The fourth-order valence-corrected chi connectivity index (χ4v) is 4.29. The van der Waals surface area contributed by atoms with Crippen LogP contribution in [-0.2, 0) is 4.79 Å². The Hall–Kier alpha value is -3.00. The van der Waals surface area contributed by atoms with Crippen molar-refractivity contribution in [1.82, 2.24) is 9.62 Å². The summed E-state index contributed by atoms with van der Waals surface area (Å²) in [7, 11) is 1.59. The molecule has 34 heavy (non-hydrogen) atoms. The quantitative estimate of drug-likeness (QED) is 0.215. The monoisotopic (exact) mass is 489 g/mol. The van der Waals surface area contributed by atoms with Crippen molar-refractivity contribution in [1.29, 1.82) is 0 Å². The van der Waals surface area contributed by atoms with Gasteiger partial charge in [0.2, 0.25) is 6.41 Å². The van der Waals surface area contributed by atoms with Gasteiger partial charge in [-0.05, 0) is 86.5 Å². The van der Waals surface area contributed by atoms with Gasteiger partial charge < -0.3 is 20.0 Å². The molecule has 1 amide bonds. The Morgan fingerprint density at radius 1 is 1.15 bits per heavy atom. The van der Waals surface area contributed by atoms with Crippen LogP contribution in [0.15, 0.2) is 59.6 Å². The number of hydrogen-bond acceptors (Lipinski definition) is 5. The van der Waals surface area contributed by atoms with Crippen LogP contribution in [0.4, 0.5) is 14.5 Å². The SMILES string of the molecule is CC.CC(C)=C/C(NSC1CC1c1ccc(F)c(O)c1)=C(/Nc1ccc(C)cc1F)N(C)C=O. The normalized spacial score (nSPS) is 16.9. The van der Waals surface area contributed by atoms with Crippen LogP contribution in [0.2, 0.25) is 0 Å². The van der Waals surface area contributed by atoms with E-state index in [0.717, 1.165) is 23.1 Å². The van der Waals surface area contributed by atoms with E-state index in [-0.39, 0.29) is 22.6 Å². The van der Waals surface area contributed by atoms with Crippen molar-refractivity contribution in [2.24, 2.45) is 0 Å². The molecule has 0 aromatic heterocycles. The van der Waals surface area contributed by atoms with E-state index in [4.69, 9.17) is 0 Å². The molecule has 1 aliphatic rings. The number of phenols is 1. The number of nitrogens with one attached hydrogen (secondary N) is 2. The number of allylic oxidation sites excluding steroid dienone is 2. The highest BCUT2D eigenvalue weighted by atomic mass is 32.2. The van der Waals surface area contributed by atoms with Gasteiger partial charge in [0.05, 0.1) is 11.4 Å². The summed E-state index contributed by atoms with van der Waals surface area (Å²) in [6.45, 7) is 9.66. The molecule has 2 unspecified atom stereocenters. The van der Waals surface area contributed by atoms with Gasteiger partial charge >= 0.3 is 0 Å². The topological polar surface area (TPSA) is 64.6 Å². The molecule has 8 heteroatoms. The maximum absolute atomic E-state index is 14.4. The van der Waals surface area contributed by atoms with Gasteiger partial charge in [-0.25, -0.2) is 8.78 Å². The molecule has 1 saturated carbocycles. The second-order valence-electron chi connectivity index (χ2n) is 8.12. The molecule has 3 rings (SSSR count). The van der Waals surface area contributed by atoms with Gasteiger partial charge in [0.15, 0.2) is 11.6 Å². The molecule has 1 aliphatic carbocycles. The number of halogens is 2. The summed E-state index contributed by atoms with van der Waals surface area (Å²) in [6, 6.07) is 9.26. The molecule has 184 valence electrons. The molecular formula is C26H33F2N3O2S. The largest absolute Gasteiger partial charge is 0.505 e. The standard InChI is InChI=1S/C24H27F2N3O2S.C2H6/c1-14(2)9-21(24(29(4)13-30)27-20-8-5-15(3)10-19(20)26)28-32-23-12-17(23)16-6-7-18(25)22(31)11-16;1-2/h5-11,13,17,23,27-28,31H,12H2,1-4H3;1-2H3/b24-21+;.